The molecule has 1 fully saturated rings. The number of hydrogen-bond donors (Lipinski definition) is 1. The molecule has 3 nitrogen and oxygen atoms in total. The van der Waals surface area contributed by atoms with Gasteiger partial charge in [0.2, 0.25) is 5.91 Å². The molecule has 0 saturated carbocycles. The lowest BCUT2D eigenvalue weighted by atomic mass is 10.0. The first kappa shape index (κ1) is 13.9. The number of anilines is 1. The van der Waals surface area contributed by atoms with E-state index >= 15 is 0 Å². The van der Waals surface area contributed by atoms with Gasteiger partial charge in [-0.1, -0.05) is 25.5 Å². The largest absolute Gasteiger partial charge is 0.399 e. The quantitative estimate of drug-likeness (QED) is 0.799. The summed E-state index contributed by atoms with van der Waals surface area (Å²) in [5.41, 5.74) is 7.84. The number of nitrogens with zero attached hydrogens (tertiary/aromatic N) is 1. The second-order valence-corrected chi connectivity index (χ2v) is 5.55. The summed E-state index contributed by atoms with van der Waals surface area (Å²) in [7, 11) is 0. The maximum Gasteiger partial charge on any atom is 0.222 e. The van der Waals surface area contributed by atoms with Gasteiger partial charge in [-0.2, -0.15) is 0 Å². The zero-order chi connectivity index (χ0) is 13.7. The molecule has 1 aromatic rings. The number of carbonyl (C=O) groups excluding carboxylic acids is 1. The molecule has 19 heavy (non-hydrogen) atoms. The number of carbonyl (C=O) groups is 1. The highest BCUT2D eigenvalue weighted by atomic mass is 16.2. The van der Waals surface area contributed by atoms with Gasteiger partial charge >= 0.3 is 0 Å². The molecule has 0 spiro atoms. The normalized spacial score (nSPS) is 19.1. The Labute approximate surface area is 115 Å². The first-order valence-electron chi connectivity index (χ1n) is 7.31. The summed E-state index contributed by atoms with van der Waals surface area (Å²) in [6.07, 6.45) is 5.12. The molecule has 2 rings (SSSR count). The van der Waals surface area contributed by atoms with Crippen LogP contribution in [0.15, 0.2) is 24.3 Å². The fraction of sp³-hybridized carbons (Fsp3) is 0.562. The zero-order valence-electron chi connectivity index (χ0n) is 11.8. The summed E-state index contributed by atoms with van der Waals surface area (Å²) in [4.78, 5) is 13.9. The van der Waals surface area contributed by atoms with Crippen molar-refractivity contribution >= 4 is 11.6 Å². The fourth-order valence-corrected chi connectivity index (χ4v) is 2.89. The summed E-state index contributed by atoms with van der Waals surface area (Å²) in [6, 6.07) is 8.01. The van der Waals surface area contributed by atoms with E-state index in [1.54, 1.807) is 0 Å². The predicted octanol–water partition coefficient (Wildman–Crippen LogP) is 2.85. The van der Waals surface area contributed by atoms with Gasteiger partial charge in [0.15, 0.2) is 0 Å². The van der Waals surface area contributed by atoms with E-state index in [4.69, 9.17) is 5.73 Å². The number of benzene rings is 1. The molecule has 1 atom stereocenters. The van der Waals surface area contributed by atoms with Gasteiger partial charge in [-0.05, 0) is 42.9 Å². The Hall–Kier alpha value is -1.51. The topological polar surface area (TPSA) is 46.3 Å². The molecule has 0 bridgehead atoms. The number of rotatable bonds is 6. The SMILES string of the molecule is CCCC1CC(=O)N(CCCc2cccc(N)c2)C1. The predicted molar refractivity (Wildman–Crippen MR) is 78.8 cm³/mol. The highest BCUT2D eigenvalue weighted by Crippen LogP contribution is 2.22. The third-order valence-corrected chi connectivity index (χ3v) is 3.84. The van der Waals surface area contributed by atoms with Gasteiger partial charge in [0, 0.05) is 25.2 Å². The Morgan fingerprint density at radius 3 is 3.00 bits per heavy atom. The van der Waals surface area contributed by atoms with E-state index in [0.29, 0.717) is 11.8 Å². The van der Waals surface area contributed by atoms with E-state index < -0.39 is 0 Å². The lowest BCUT2D eigenvalue weighted by Gasteiger charge is -2.16. The molecule has 1 aliphatic rings. The molecular weight excluding hydrogens is 236 g/mol. The van der Waals surface area contributed by atoms with Crippen LogP contribution in [0, 0.1) is 5.92 Å². The number of amides is 1. The highest BCUT2D eigenvalue weighted by molar-refractivity contribution is 5.78. The Morgan fingerprint density at radius 1 is 1.42 bits per heavy atom. The van der Waals surface area contributed by atoms with Crippen LogP contribution in [-0.2, 0) is 11.2 Å². The maximum absolute atomic E-state index is 11.9. The van der Waals surface area contributed by atoms with Crippen LogP contribution in [0.4, 0.5) is 5.69 Å². The molecule has 1 amide bonds. The Kier molecular flexibility index (Phi) is 4.83. The molecule has 1 unspecified atom stereocenters. The minimum absolute atomic E-state index is 0.339. The first-order valence-corrected chi connectivity index (χ1v) is 7.31. The standard InChI is InChI=1S/C16H24N2O/c1-2-5-14-11-16(19)18(12-14)9-4-7-13-6-3-8-15(17)10-13/h3,6,8,10,14H,2,4-5,7,9,11-12,17H2,1H3. The van der Waals surface area contributed by atoms with Crippen molar-refractivity contribution in [1.82, 2.24) is 4.90 Å². The molecule has 104 valence electrons. The van der Waals surface area contributed by atoms with Gasteiger partial charge in [-0.3, -0.25) is 4.79 Å². The molecule has 2 N–H and O–H groups in total. The second kappa shape index (κ2) is 6.60. The van der Waals surface area contributed by atoms with E-state index in [-0.39, 0.29) is 0 Å². The van der Waals surface area contributed by atoms with Crippen molar-refractivity contribution < 1.29 is 4.79 Å². The molecule has 1 aromatic carbocycles. The summed E-state index contributed by atoms with van der Waals surface area (Å²) in [5, 5.41) is 0. The summed E-state index contributed by atoms with van der Waals surface area (Å²) < 4.78 is 0. The lowest BCUT2D eigenvalue weighted by molar-refractivity contribution is -0.127. The number of aryl methyl sites for hydroxylation is 1. The van der Waals surface area contributed by atoms with Crippen LogP contribution in [0.1, 0.15) is 38.2 Å². The van der Waals surface area contributed by atoms with Crippen LogP contribution in [0.5, 0.6) is 0 Å². The molecule has 3 heteroatoms. The third kappa shape index (κ3) is 3.98. The molecule has 1 aliphatic heterocycles. The van der Waals surface area contributed by atoms with Crippen molar-refractivity contribution in [2.24, 2.45) is 5.92 Å². The summed E-state index contributed by atoms with van der Waals surface area (Å²) in [5.74, 6) is 0.927. The van der Waals surface area contributed by atoms with Gasteiger partial charge in [-0.15, -0.1) is 0 Å². The molecule has 0 aliphatic carbocycles. The van der Waals surface area contributed by atoms with Crippen molar-refractivity contribution in [3.63, 3.8) is 0 Å². The molecule has 0 aromatic heterocycles. The monoisotopic (exact) mass is 260 g/mol. The minimum atomic E-state index is 0.339. The van der Waals surface area contributed by atoms with E-state index in [1.807, 2.05) is 23.1 Å². The van der Waals surface area contributed by atoms with E-state index in [0.717, 1.165) is 38.0 Å². The van der Waals surface area contributed by atoms with Crippen molar-refractivity contribution in [3.8, 4) is 0 Å². The smallest absolute Gasteiger partial charge is 0.222 e. The van der Waals surface area contributed by atoms with Crippen molar-refractivity contribution in [3.05, 3.63) is 29.8 Å². The van der Waals surface area contributed by atoms with Crippen LogP contribution in [0.2, 0.25) is 0 Å². The van der Waals surface area contributed by atoms with Crippen molar-refractivity contribution in [1.29, 1.82) is 0 Å². The minimum Gasteiger partial charge on any atom is -0.399 e. The summed E-state index contributed by atoms with van der Waals surface area (Å²) >= 11 is 0. The second-order valence-electron chi connectivity index (χ2n) is 5.55. The Bertz CT molecular complexity index is 431. The van der Waals surface area contributed by atoms with Gasteiger partial charge in [0.1, 0.15) is 0 Å². The van der Waals surface area contributed by atoms with E-state index in [2.05, 4.69) is 13.0 Å². The summed E-state index contributed by atoms with van der Waals surface area (Å²) in [6.45, 7) is 4.03. The Morgan fingerprint density at radius 2 is 2.26 bits per heavy atom. The number of hydrogen-bond acceptors (Lipinski definition) is 2. The van der Waals surface area contributed by atoms with Crippen molar-refractivity contribution in [2.45, 2.75) is 39.0 Å². The fourth-order valence-electron chi connectivity index (χ4n) is 2.89. The average Bonchev–Trinajstić information content (AvgIpc) is 2.71. The van der Waals surface area contributed by atoms with Crippen LogP contribution in [0.25, 0.3) is 0 Å². The number of likely N-dealkylation sites (tertiary alicyclic amines) is 1. The first-order chi connectivity index (χ1) is 9.19. The zero-order valence-corrected chi connectivity index (χ0v) is 11.8. The maximum atomic E-state index is 11.9. The number of nitrogen functional groups attached to an aromatic ring is 1. The van der Waals surface area contributed by atoms with Gasteiger partial charge < -0.3 is 10.6 Å². The molecule has 1 heterocycles. The van der Waals surface area contributed by atoms with Gasteiger partial charge in [0.25, 0.3) is 0 Å². The molecule has 1 saturated heterocycles. The molecular formula is C16H24N2O. The molecule has 0 radical (unpaired) electrons. The average molecular weight is 260 g/mol. The van der Waals surface area contributed by atoms with Crippen molar-refractivity contribution in [2.75, 3.05) is 18.8 Å². The van der Waals surface area contributed by atoms with Gasteiger partial charge in [-0.25, -0.2) is 0 Å². The van der Waals surface area contributed by atoms with Crippen LogP contribution < -0.4 is 5.73 Å². The Balaban J connectivity index is 1.75. The highest BCUT2D eigenvalue weighted by Gasteiger charge is 2.27. The lowest BCUT2D eigenvalue weighted by Crippen LogP contribution is -2.26. The van der Waals surface area contributed by atoms with Crippen LogP contribution in [-0.4, -0.2) is 23.9 Å². The third-order valence-electron chi connectivity index (χ3n) is 3.84. The van der Waals surface area contributed by atoms with Crippen LogP contribution in [0.3, 0.4) is 0 Å². The van der Waals surface area contributed by atoms with E-state index in [9.17, 15) is 4.79 Å². The van der Waals surface area contributed by atoms with E-state index in [1.165, 1.54) is 18.4 Å². The number of nitrogens with two attached hydrogens (primary N) is 1. The van der Waals surface area contributed by atoms with Crippen LogP contribution >= 0.6 is 0 Å². The van der Waals surface area contributed by atoms with Gasteiger partial charge in [0.05, 0.1) is 0 Å².